The zero-order chi connectivity index (χ0) is 16.3. The number of carbonyl (C=O) groups excluding carboxylic acids is 1. The summed E-state index contributed by atoms with van der Waals surface area (Å²) >= 11 is 9.39. The summed E-state index contributed by atoms with van der Waals surface area (Å²) in [5.74, 6) is 0.670. The molecule has 1 heterocycles. The van der Waals surface area contributed by atoms with Crippen molar-refractivity contribution in [2.75, 3.05) is 14.1 Å². The van der Waals surface area contributed by atoms with Crippen LogP contribution in [0.5, 0.6) is 0 Å². The van der Waals surface area contributed by atoms with Gasteiger partial charge >= 0.3 is 0 Å². The second-order valence-corrected chi connectivity index (χ2v) is 5.96. The molecule has 112 valence electrons. The van der Waals surface area contributed by atoms with Gasteiger partial charge in [0.15, 0.2) is 0 Å². The van der Waals surface area contributed by atoms with Crippen LogP contribution in [0.15, 0.2) is 44.8 Å². The van der Waals surface area contributed by atoms with E-state index in [1.54, 1.807) is 32.3 Å². The van der Waals surface area contributed by atoms with Crippen LogP contribution >= 0.6 is 27.5 Å². The first kappa shape index (κ1) is 16.3. The average Bonchev–Trinajstić information content (AvgIpc) is 2.95. The fourth-order valence-corrected chi connectivity index (χ4v) is 2.19. The van der Waals surface area contributed by atoms with Gasteiger partial charge in [0.05, 0.1) is 5.02 Å². The number of likely N-dealkylation sites (N-methyl/N-ethyl adjacent to an activating group) is 1. The minimum absolute atomic E-state index is 0.0136. The Morgan fingerprint density at radius 1 is 1.36 bits per heavy atom. The van der Waals surface area contributed by atoms with Crippen LogP contribution in [0.25, 0.3) is 17.4 Å². The Hall–Kier alpha value is -2.03. The number of halogens is 2. The molecule has 0 N–H and O–H groups in total. The van der Waals surface area contributed by atoms with Crippen molar-refractivity contribution in [2.45, 2.75) is 0 Å². The molecule has 4 nitrogen and oxygen atoms in total. The van der Waals surface area contributed by atoms with Crippen molar-refractivity contribution in [3.8, 4) is 17.4 Å². The van der Waals surface area contributed by atoms with E-state index in [1.165, 1.54) is 11.0 Å². The van der Waals surface area contributed by atoms with Crippen molar-refractivity contribution in [3.63, 3.8) is 0 Å². The second-order valence-electron chi connectivity index (χ2n) is 4.70. The lowest BCUT2D eigenvalue weighted by atomic mass is 10.2. The molecule has 1 amide bonds. The molecule has 6 heteroatoms. The monoisotopic (exact) mass is 378 g/mol. The highest BCUT2D eigenvalue weighted by molar-refractivity contribution is 9.10. The molecule has 0 radical (unpaired) electrons. The lowest BCUT2D eigenvalue weighted by molar-refractivity contribution is -0.124. The molecule has 0 aliphatic rings. The van der Waals surface area contributed by atoms with Crippen LogP contribution in [0.2, 0.25) is 5.02 Å². The molecule has 0 aliphatic heterocycles. The summed E-state index contributed by atoms with van der Waals surface area (Å²) in [6.45, 7) is 0. The first-order valence-electron chi connectivity index (χ1n) is 6.31. The number of hydrogen-bond donors (Lipinski definition) is 0. The minimum Gasteiger partial charge on any atom is -0.457 e. The van der Waals surface area contributed by atoms with Crippen molar-refractivity contribution in [3.05, 3.63) is 51.2 Å². The molecule has 0 bridgehead atoms. The maximum Gasteiger partial charge on any atom is 0.264 e. The van der Waals surface area contributed by atoms with Crippen LogP contribution < -0.4 is 0 Å². The Labute approximate surface area is 141 Å². The van der Waals surface area contributed by atoms with Gasteiger partial charge in [-0.15, -0.1) is 0 Å². The van der Waals surface area contributed by atoms with Crippen molar-refractivity contribution in [1.82, 2.24) is 4.90 Å². The van der Waals surface area contributed by atoms with Gasteiger partial charge in [-0.05, 0) is 40.2 Å². The summed E-state index contributed by atoms with van der Waals surface area (Å²) in [4.78, 5) is 13.1. The quantitative estimate of drug-likeness (QED) is 0.588. The summed E-state index contributed by atoms with van der Waals surface area (Å²) in [6.07, 6.45) is 1.42. The summed E-state index contributed by atoms with van der Waals surface area (Å²) in [6, 6.07) is 10.8. The summed E-state index contributed by atoms with van der Waals surface area (Å²) in [7, 11) is 3.18. The molecule has 2 rings (SSSR count). The highest BCUT2D eigenvalue weighted by Crippen LogP contribution is 2.30. The van der Waals surface area contributed by atoms with Crippen LogP contribution in [0.1, 0.15) is 5.76 Å². The zero-order valence-corrected chi connectivity index (χ0v) is 14.3. The number of benzene rings is 1. The molecular formula is C16H12BrClN2O2. The lowest BCUT2D eigenvalue weighted by Crippen LogP contribution is -2.22. The molecule has 1 aromatic carbocycles. The van der Waals surface area contributed by atoms with Crippen LogP contribution in [0, 0.1) is 11.3 Å². The maximum atomic E-state index is 11.8. The first-order valence-corrected chi connectivity index (χ1v) is 7.48. The topological polar surface area (TPSA) is 57.2 Å². The number of furan rings is 1. The van der Waals surface area contributed by atoms with Crippen molar-refractivity contribution in [1.29, 1.82) is 5.26 Å². The standard InChI is InChI=1S/C16H12BrClN2O2/c1-20(2)16(21)11(9-19)7-12-4-6-15(22-12)10-3-5-13(17)14(18)8-10/h3-8H,1-2H3/b11-7-. The smallest absolute Gasteiger partial charge is 0.264 e. The zero-order valence-electron chi connectivity index (χ0n) is 11.9. The van der Waals surface area contributed by atoms with Gasteiger partial charge in [-0.25, -0.2) is 0 Å². The molecule has 0 fully saturated rings. The van der Waals surface area contributed by atoms with E-state index < -0.39 is 0 Å². The van der Waals surface area contributed by atoms with E-state index in [0.717, 1.165) is 10.0 Å². The largest absolute Gasteiger partial charge is 0.457 e. The van der Waals surface area contributed by atoms with Gasteiger partial charge in [-0.2, -0.15) is 5.26 Å². The highest BCUT2D eigenvalue weighted by Gasteiger charge is 2.13. The molecule has 0 unspecified atom stereocenters. The van der Waals surface area contributed by atoms with Crippen LogP contribution in [-0.4, -0.2) is 24.9 Å². The number of carbonyl (C=O) groups is 1. The van der Waals surface area contributed by atoms with Crippen molar-refractivity contribution >= 4 is 39.5 Å². The van der Waals surface area contributed by atoms with Gasteiger partial charge in [0.2, 0.25) is 0 Å². The molecule has 0 aliphatic carbocycles. The predicted octanol–water partition coefficient (Wildman–Crippen LogP) is 4.36. The molecule has 0 atom stereocenters. The van der Waals surface area contributed by atoms with E-state index in [9.17, 15) is 4.79 Å². The Bertz CT molecular complexity index is 788. The van der Waals surface area contributed by atoms with E-state index in [4.69, 9.17) is 21.3 Å². The van der Waals surface area contributed by atoms with E-state index in [-0.39, 0.29) is 11.5 Å². The molecule has 2 aromatic rings. The number of hydrogen-bond acceptors (Lipinski definition) is 3. The molecular weight excluding hydrogens is 368 g/mol. The SMILES string of the molecule is CN(C)C(=O)/C(C#N)=C\c1ccc(-c2ccc(Br)c(Cl)c2)o1. The fourth-order valence-electron chi connectivity index (χ4n) is 1.76. The van der Waals surface area contributed by atoms with E-state index >= 15 is 0 Å². The van der Waals surface area contributed by atoms with Gasteiger partial charge in [0.1, 0.15) is 23.2 Å². The van der Waals surface area contributed by atoms with Gasteiger partial charge in [0.25, 0.3) is 5.91 Å². The molecule has 0 spiro atoms. The Morgan fingerprint density at radius 3 is 2.68 bits per heavy atom. The fraction of sp³-hybridized carbons (Fsp3) is 0.125. The summed E-state index contributed by atoms with van der Waals surface area (Å²) in [5.41, 5.74) is 0.824. The van der Waals surface area contributed by atoms with Gasteiger partial charge < -0.3 is 9.32 Å². The third-order valence-corrected chi connectivity index (χ3v) is 4.11. The second kappa shape index (κ2) is 6.82. The highest BCUT2D eigenvalue weighted by atomic mass is 79.9. The average molecular weight is 380 g/mol. The number of rotatable bonds is 3. The van der Waals surface area contributed by atoms with Crippen molar-refractivity contribution in [2.24, 2.45) is 0 Å². The lowest BCUT2D eigenvalue weighted by Gasteiger charge is -2.07. The summed E-state index contributed by atoms with van der Waals surface area (Å²) in [5, 5.41) is 9.64. The normalized spacial score (nSPS) is 11.1. The Morgan fingerprint density at radius 2 is 2.09 bits per heavy atom. The number of nitriles is 1. The third kappa shape index (κ3) is 3.59. The molecule has 1 aromatic heterocycles. The number of amides is 1. The van der Waals surface area contributed by atoms with Gasteiger partial charge in [0, 0.05) is 30.2 Å². The van der Waals surface area contributed by atoms with Crippen LogP contribution in [0.3, 0.4) is 0 Å². The van der Waals surface area contributed by atoms with Gasteiger partial charge in [-0.1, -0.05) is 17.7 Å². The molecule has 22 heavy (non-hydrogen) atoms. The minimum atomic E-state index is -0.368. The van der Waals surface area contributed by atoms with Gasteiger partial charge in [-0.3, -0.25) is 4.79 Å². The predicted molar refractivity (Wildman–Crippen MR) is 89.1 cm³/mol. The first-order chi connectivity index (χ1) is 10.4. The van der Waals surface area contributed by atoms with E-state index in [1.807, 2.05) is 18.2 Å². The maximum absolute atomic E-state index is 11.8. The van der Waals surface area contributed by atoms with E-state index in [0.29, 0.717) is 16.5 Å². The Kier molecular flexibility index (Phi) is 5.07. The number of nitrogens with zero attached hydrogens (tertiary/aromatic N) is 2. The van der Waals surface area contributed by atoms with Crippen LogP contribution in [-0.2, 0) is 4.79 Å². The third-order valence-electron chi connectivity index (χ3n) is 2.87. The molecule has 0 saturated heterocycles. The van der Waals surface area contributed by atoms with Crippen LogP contribution in [0.4, 0.5) is 0 Å². The Balaban J connectivity index is 2.33. The van der Waals surface area contributed by atoms with E-state index in [2.05, 4.69) is 15.9 Å². The molecule has 0 saturated carbocycles. The van der Waals surface area contributed by atoms with Crippen molar-refractivity contribution < 1.29 is 9.21 Å². The summed E-state index contributed by atoms with van der Waals surface area (Å²) < 4.78 is 6.45.